The summed E-state index contributed by atoms with van der Waals surface area (Å²) in [7, 11) is 0. The van der Waals surface area contributed by atoms with Gasteiger partial charge in [-0.3, -0.25) is 4.79 Å². The lowest BCUT2D eigenvalue weighted by atomic mass is 9.96. The van der Waals surface area contributed by atoms with Crippen molar-refractivity contribution in [2.45, 2.75) is 32.7 Å². The zero-order valence-corrected chi connectivity index (χ0v) is 16.0. The Morgan fingerprint density at radius 1 is 1.15 bits per heavy atom. The third kappa shape index (κ3) is 3.91. The van der Waals surface area contributed by atoms with Crippen LogP contribution in [0, 0.1) is 5.92 Å². The molecule has 1 aromatic heterocycles. The van der Waals surface area contributed by atoms with E-state index in [0.717, 1.165) is 48.4 Å². The molecule has 0 unspecified atom stereocenters. The Morgan fingerprint density at radius 2 is 2.00 bits per heavy atom. The van der Waals surface area contributed by atoms with Crippen molar-refractivity contribution < 1.29 is 4.79 Å². The predicted molar refractivity (Wildman–Crippen MR) is 112 cm³/mol. The Balaban J connectivity index is 1.50. The average Bonchev–Trinajstić information content (AvgIpc) is 3.12. The van der Waals surface area contributed by atoms with E-state index >= 15 is 0 Å². The second-order valence-corrected chi connectivity index (χ2v) is 7.77. The lowest BCUT2D eigenvalue weighted by Gasteiger charge is -2.34. The van der Waals surface area contributed by atoms with Gasteiger partial charge in [-0.15, -0.1) is 0 Å². The van der Waals surface area contributed by atoms with Crippen molar-refractivity contribution in [2.75, 3.05) is 18.4 Å². The maximum absolute atomic E-state index is 12.8. The number of benzene rings is 2. The lowest BCUT2D eigenvalue weighted by Crippen LogP contribution is -2.43. The molecule has 2 N–H and O–H groups in total. The normalized spacial score (nSPS) is 18.1. The maximum Gasteiger partial charge on any atom is 0.228 e. The summed E-state index contributed by atoms with van der Waals surface area (Å²) in [6, 6.07) is 19.0. The Morgan fingerprint density at radius 3 is 2.81 bits per heavy atom. The van der Waals surface area contributed by atoms with Crippen LogP contribution in [0.1, 0.15) is 26.7 Å². The first-order chi connectivity index (χ1) is 13.1. The van der Waals surface area contributed by atoms with E-state index in [1.54, 1.807) is 0 Å². The number of hydrogen-bond donors (Lipinski definition) is 2. The van der Waals surface area contributed by atoms with Crippen LogP contribution in [0.25, 0.3) is 22.2 Å². The van der Waals surface area contributed by atoms with Crippen LogP contribution in [-0.4, -0.2) is 34.9 Å². The summed E-state index contributed by atoms with van der Waals surface area (Å²) in [5.41, 5.74) is 4.13. The Hall–Kier alpha value is -2.59. The van der Waals surface area contributed by atoms with Gasteiger partial charge < -0.3 is 15.2 Å². The second kappa shape index (κ2) is 7.57. The Kier molecular flexibility index (Phi) is 4.99. The summed E-state index contributed by atoms with van der Waals surface area (Å²) >= 11 is 0. The van der Waals surface area contributed by atoms with Gasteiger partial charge in [0.05, 0.1) is 5.92 Å². The highest BCUT2D eigenvalue weighted by atomic mass is 16.1. The fourth-order valence-corrected chi connectivity index (χ4v) is 3.93. The number of amides is 1. The van der Waals surface area contributed by atoms with E-state index in [9.17, 15) is 4.79 Å². The third-order valence-electron chi connectivity index (χ3n) is 5.52. The second-order valence-electron chi connectivity index (χ2n) is 7.77. The molecule has 3 aromatic rings. The highest BCUT2D eigenvalue weighted by Crippen LogP contribution is 2.27. The first-order valence-corrected chi connectivity index (χ1v) is 9.83. The molecule has 27 heavy (non-hydrogen) atoms. The van der Waals surface area contributed by atoms with Gasteiger partial charge in [0, 0.05) is 40.4 Å². The minimum absolute atomic E-state index is 0.0675. The molecule has 2 heterocycles. The van der Waals surface area contributed by atoms with Gasteiger partial charge in [0.2, 0.25) is 5.91 Å². The number of piperidine rings is 1. The van der Waals surface area contributed by atoms with E-state index in [-0.39, 0.29) is 11.8 Å². The topological polar surface area (TPSA) is 48.1 Å². The molecule has 4 heteroatoms. The molecule has 1 atom stereocenters. The number of H-pyrrole nitrogens is 1. The zero-order chi connectivity index (χ0) is 18.8. The molecule has 1 aliphatic rings. The summed E-state index contributed by atoms with van der Waals surface area (Å²) in [4.78, 5) is 18.6. The minimum atomic E-state index is 0.0675. The largest absolute Gasteiger partial charge is 0.355 e. The fraction of sp³-hybridized carbons (Fsp3) is 0.348. The summed E-state index contributed by atoms with van der Waals surface area (Å²) in [6.45, 7) is 6.34. The van der Waals surface area contributed by atoms with Crippen molar-refractivity contribution in [2.24, 2.45) is 5.92 Å². The highest BCUT2D eigenvalue weighted by Gasteiger charge is 2.27. The molecule has 2 aromatic carbocycles. The highest BCUT2D eigenvalue weighted by molar-refractivity contribution is 5.94. The van der Waals surface area contributed by atoms with Crippen molar-refractivity contribution in [3.63, 3.8) is 0 Å². The van der Waals surface area contributed by atoms with Gasteiger partial charge in [-0.05, 0) is 57.5 Å². The van der Waals surface area contributed by atoms with Gasteiger partial charge in [-0.2, -0.15) is 0 Å². The molecule has 0 saturated carbocycles. The van der Waals surface area contributed by atoms with E-state index in [4.69, 9.17) is 0 Å². The van der Waals surface area contributed by atoms with Crippen molar-refractivity contribution >= 4 is 22.5 Å². The standard InChI is InChI=1S/C23H27N3O/c1-16(2)26-12-6-9-19(15-26)23(27)24-20-10-5-8-17(13-20)22-14-18-7-3-4-11-21(18)25-22/h3-5,7-8,10-11,13-14,16,19,25H,6,9,12,15H2,1-2H3,(H,24,27)/t19-/m0/s1. The summed E-state index contributed by atoms with van der Waals surface area (Å²) in [6.07, 6.45) is 2.06. The molecule has 4 nitrogen and oxygen atoms in total. The number of rotatable bonds is 4. The Bertz CT molecular complexity index is 910. The molecule has 1 amide bonds. The van der Waals surface area contributed by atoms with E-state index in [1.807, 2.05) is 30.3 Å². The van der Waals surface area contributed by atoms with Crippen LogP contribution in [0.4, 0.5) is 5.69 Å². The molecule has 1 fully saturated rings. The quantitative estimate of drug-likeness (QED) is 0.695. The molecule has 0 aliphatic carbocycles. The van der Waals surface area contributed by atoms with E-state index in [0.29, 0.717) is 6.04 Å². The fourth-order valence-electron chi connectivity index (χ4n) is 3.93. The van der Waals surface area contributed by atoms with E-state index in [2.05, 4.69) is 53.3 Å². The number of anilines is 1. The maximum atomic E-state index is 12.8. The number of aromatic nitrogens is 1. The minimum Gasteiger partial charge on any atom is -0.355 e. The third-order valence-corrected chi connectivity index (χ3v) is 5.52. The molecule has 0 spiro atoms. The van der Waals surface area contributed by atoms with Crippen molar-refractivity contribution in [3.05, 3.63) is 54.6 Å². The monoisotopic (exact) mass is 361 g/mol. The van der Waals surface area contributed by atoms with E-state index < -0.39 is 0 Å². The van der Waals surface area contributed by atoms with Crippen LogP contribution in [-0.2, 0) is 4.79 Å². The molecular formula is C23H27N3O. The van der Waals surface area contributed by atoms with Gasteiger partial charge >= 0.3 is 0 Å². The van der Waals surface area contributed by atoms with Gasteiger partial charge in [0.25, 0.3) is 0 Å². The molecule has 1 saturated heterocycles. The number of carbonyl (C=O) groups excluding carboxylic acids is 1. The zero-order valence-electron chi connectivity index (χ0n) is 16.0. The summed E-state index contributed by atoms with van der Waals surface area (Å²) in [5.74, 6) is 0.201. The first-order valence-electron chi connectivity index (χ1n) is 9.83. The van der Waals surface area contributed by atoms with Crippen molar-refractivity contribution in [1.82, 2.24) is 9.88 Å². The molecule has 0 radical (unpaired) electrons. The van der Waals surface area contributed by atoms with Crippen LogP contribution < -0.4 is 5.32 Å². The van der Waals surface area contributed by atoms with Crippen LogP contribution in [0.15, 0.2) is 54.6 Å². The van der Waals surface area contributed by atoms with Crippen molar-refractivity contribution in [3.8, 4) is 11.3 Å². The summed E-state index contributed by atoms with van der Waals surface area (Å²) in [5, 5.41) is 4.33. The van der Waals surface area contributed by atoms with E-state index in [1.165, 1.54) is 5.39 Å². The number of nitrogens with zero attached hydrogens (tertiary/aromatic N) is 1. The smallest absolute Gasteiger partial charge is 0.228 e. The van der Waals surface area contributed by atoms with Crippen molar-refractivity contribution in [1.29, 1.82) is 0 Å². The molecule has 4 rings (SSSR count). The number of hydrogen-bond acceptors (Lipinski definition) is 2. The number of likely N-dealkylation sites (tertiary alicyclic amines) is 1. The first kappa shape index (κ1) is 17.8. The number of aromatic amines is 1. The van der Waals surface area contributed by atoms with Crippen LogP contribution in [0.5, 0.6) is 0 Å². The lowest BCUT2D eigenvalue weighted by molar-refractivity contribution is -0.121. The molecule has 140 valence electrons. The SMILES string of the molecule is CC(C)N1CCC[C@H](C(=O)Nc2cccc(-c3cc4ccccc4[nH]3)c2)C1. The number of para-hydroxylation sites is 1. The Labute approximate surface area is 160 Å². The van der Waals surface area contributed by atoms with Gasteiger partial charge in [0.1, 0.15) is 0 Å². The average molecular weight is 361 g/mol. The van der Waals surface area contributed by atoms with Gasteiger partial charge in [0.15, 0.2) is 0 Å². The molecular weight excluding hydrogens is 334 g/mol. The number of carbonyl (C=O) groups is 1. The molecule has 0 bridgehead atoms. The van der Waals surface area contributed by atoms with Crippen LogP contribution >= 0.6 is 0 Å². The van der Waals surface area contributed by atoms with Gasteiger partial charge in [-0.25, -0.2) is 0 Å². The van der Waals surface area contributed by atoms with Crippen LogP contribution in [0.2, 0.25) is 0 Å². The van der Waals surface area contributed by atoms with Crippen LogP contribution in [0.3, 0.4) is 0 Å². The number of fused-ring (bicyclic) bond motifs is 1. The van der Waals surface area contributed by atoms with Gasteiger partial charge in [-0.1, -0.05) is 30.3 Å². The summed E-state index contributed by atoms with van der Waals surface area (Å²) < 4.78 is 0. The predicted octanol–water partition coefficient (Wildman–Crippen LogP) is 4.89. The molecule has 1 aliphatic heterocycles. The number of nitrogens with one attached hydrogen (secondary N) is 2.